The van der Waals surface area contributed by atoms with E-state index in [1.165, 1.54) is 31.4 Å². The van der Waals surface area contributed by atoms with Gasteiger partial charge < -0.3 is 15.8 Å². The van der Waals surface area contributed by atoms with Gasteiger partial charge in [0.2, 0.25) is 0 Å². The third-order valence-corrected chi connectivity index (χ3v) is 5.31. The first kappa shape index (κ1) is 19.2. The van der Waals surface area contributed by atoms with Crippen LogP contribution in [0.5, 0.6) is 5.75 Å². The van der Waals surface area contributed by atoms with Gasteiger partial charge in [0, 0.05) is 11.4 Å². The fraction of sp³-hybridized carbons (Fsp3) is 0.409. The maximum absolute atomic E-state index is 13.8. The Hall–Kier alpha value is -2.56. The zero-order valence-corrected chi connectivity index (χ0v) is 15.9. The van der Waals surface area contributed by atoms with Crippen molar-refractivity contribution in [2.45, 2.75) is 52.1 Å². The molecule has 27 heavy (non-hydrogen) atoms. The van der Waals surface area contributed by atoms with E-state index in [9.17, 15) is 9.18 Å². The van der Waals surface area contributed by atoms with Crippen molar-refractivity contribution in [2.75, 3.05) is 11.1 Å². The first-order valence-electron chi connectivity index (χ1n) is 9.57. The average Bonchev–Trinajstić information content (AvgIpc) is 2.66. The summed E-state index contributed by atoms with van der Waals surface area (Å²) < 4.78 is 19.9. The Morgan fingerprint density at radius 1 is 1.19 bits per heavy atom. The van der Waals surface area contributed by atoms with E-state index in [1.54, 1.807) is 24.3 Å². The second-order valence-corrected chi connectivity index (χ2v) is 7.39. The number of anilines is 2. The highest BCUT2D eigenvalue weighted by molar-refractivity contribution is 6.06. The van der Waals surface area contributed by atoms with Crippen LogP contribution >= 0.6 is 0 Å². The predicted octanol–water partition coefficient (Wildman–Crippen LogP) is 5.32. The average molecular weight is 370 g/mol. The standard InChI is InChI=1S/C22H27FN2O2/c1-14-12-18(24)9-10-20(14)25-22(26)19-13-17(23)8-11-21(19)27-15(2)16-6-4-3-5-7-16/h8-13,15-16H,3-7,24H2,1-2H3,(H,25,26). The first-order chi connectivity index (χ1) is 12.9. The maximum atomic E-state index is 13.8. The summed E-state index contributed by atoms with van der Waals surface area (Å²) in [5, 5.41) is 2.83. The van der Waals surface area contributed by atoms with Gasteiger partial charge in [-0.1, -0.05) is 19.3 Å². The number of nitrogen functional groups attached to an aromatic ring is 1. The smallest absolute Gasteiger partial charge is 0.259 e. The van der Waals surface area contributed by atoms with Gasteiger partial charge in [0.15, 0.2) is 0 Å². The Bertz CT molecular complexity index is 816. The molecule has 3 N–H and O–H groups in total. The normalized spacial score (nSPS) is 16.0. The number of carbonyl (C=O) groups is 1. The van der Waals surface area contributed by atoms with Crippen LogP contribution in [0.25, 0.3) is 0 Å². The van der Waals surface area contributed by atoms with Gasteiger partial charge >= 0.3 is 0 Å². The molecule has 1 amide bonds. The molecule has 4 nitrogen and oxygen atoms in total. The summed E-state index contributed by atoms with van der Waals surface area (Å²) in [6, 6.07) is 9.34. The van der Waals surface area contributed by atoms with Gasteiger partial charge in [-0.25, -0.2) is 4.39 Å². The highest BCUT2D eigenvalue weighted by atomic mass is 19.1. The van der Waals surface area contributed by atoms with Gasteiger partial charge in [-0.05, 0) is 74.6 Å². The molecular weight excluding hydrogens is 343 g/mol. The Morgan fingerprint density at radius 3 is 2.63 bits per heavy atom. The van der Waals surface area contributed by atoms with Crippen molar-refractivity contribution < 1.29 is 13.9 Å². The fourth-order valence-corrected chi connectivity index (χ4v) is 3.70. The lowest BCUT2D eigenvalue weighted by atomic mass is 9.86. The van der Waals surface area contributed by atoms with Crippen LogP contribution in [-0.4, -0.2) is 12.0 Å². The SMILES string of the molecule is Cc1cc(N)ccc1NC(=O)c1cc(F)ccc1OC(C)C1CCCCC1. The number of benzene rings is 2. The van der Waals surface area contributed by atoms with Crippen molar-refractivity contribution in [1.82, 2.24) is 0 Å². The third kappa shape index (κ3) is 4.79. The number of hydrogen-bond donors (Lipinski definition) is 2. The Labute approximate surface area is 159 Å². The zero-order valence-electron chi connectivity index (χ0n) is 15.9. The molecule has 0 heterocycles. The molecular formula is C22H27FN2O2. The number of rotatable bonds is 5. The van der Waals surface area contributed by atoms with E-state index < -0.39 is 11.7 Å². The number of amides is 1. The van der Waals surface area contributed by atoms with Crippen molar-refractivity contribution >= 4 is 17.3 Å². The molecule has 1 saturated carbocycles. The maximum Gasteiger partial charge on any atom is 0.259 e. The summed E-state index contributed by atoms with van der Waals surface area (Å²) in [4.78, 5) is 12.8. The molecule has 1 fully saturated rings. The van der Waals surface area contributed by atoms with E-state index in [-0.39, 0.29) is 11.7 Å². The second-order valence-electron chi connectivity index (χ2n) is 7.39. The number of hydrogen-bond acceptors (Lipinski definition) is 3. The summed E-state index contributed by atoms with van der Waals surface area (Å²) in [7, 11) is 0. The van der Waals surface area contributed by atoms with Crippen molar-refractivity contribution in [1.29, 1.82) is 0 Å². The molecule has 0 bridgehead atoms. The van der Waals surface area contributed by atoms with Crippen LogP contribution in [0.4, 0.5) is 15.8 Å². The number of aryl methyl sites for hydroxylation is 1. The van der Waals surface area contributed by atoms with Crippen molar-refractivity contribution in [3.63, 3.8) is 0 Å². The molecule has 1 aliphatic carbocycles. The summed E-state index contributed by atoms with van der Waals surface area (Å²) in [5.74, 6) is 0.0270. The van der Waals surface area contributed by atoms with Crippen LogP contribution in [0.15, 0.2) is 36.4 Å². The Kier molecular flexibility index (Phi) is 5.99. The lowest BCUT2D eigenvalue weighted by molar-refractivity contribution is 0.0997. The molecule has 144 valence electrons. The van der Waals surface area contributed by atoms with Crippen LogP contribution in [0.2, 0.25) is 0 Å². The lowest BCUT2D eigenvalue weighted by Crippen LogP contribution is -2.27. The van der Waals surface area contributed by atoms with E-state index in [1.807, 2.05) is 13.8 Å². The van der Waals surface area contributed by atoms with E-state index in [0.717, 1.165) is 18.4 Å². The largest absolute Gasteiger partial charge is 0.490 e. The summed E-state index contributed by atoms with van der Waals surface area (Å²) in [5.41, 5.74) is 8.07. The molecule has 3 rings (SSSR count). The number of carbonyl (C=O) groups excluding carboxylic acids is 1. The van der Waals surface area contributed by atoms with Crippen LogP contribution in [0.3, 0.4) is 0 Å². The molecule has 1 unspecified atom stereocenters. The van der Waals surface area contributed by atoms with Crippen LogP contribution in [-0.2, 0) is 0 Å². The monoisotopic (exact) mass is 370 g/mol. The molecule has 0 saturated heterocycles. The number of halogens is 1. The predicted molar refractivity (Wildman–Crippen MR) is 107 cm³/mol. The summed E-state index contributed by atoms with van der Waals surface area (Å²) >= 11 is 0. The van der Waals surface area contributed by atoms with Crippen LogP contribution < -0.4 is 15.8 Å². The third-order valence-electron chi connectivity index (χ3n) is 5.31. The van der Waals surface area contributed by atoms with E-state index in [4.69, 9.17) is 10.5 Å². The number of ether oxygens (including phenoxy) is 1. The molecule has 0 aromatic heterocycles. The molecule has 0 aliphatic heterocycles. The van der Waals surface area contributed by atoms with E-state index in [0.29, 0.717) is 23.0 Å². The minimum atomic E-state index is -0.466. The molecule has 2 aromatic rings. The molecule has 5 heteroatoms. The minimum Gasteiger partial charge on any atom is -0.490 e. The fourth-order valence-electron chi connectivity index (χ4n) is 3.70. The lowest BCUT2D eigenvalue weighted by Gasteiger charge is -2.28. The quantitative estimate of drug-likeness (QED) is 0.701. The van der Waals surface area contributed by atoms with Crippen LogP contribution in [0, 0.1) is 18.7 Å². The molecule has 2 aromatic carbocycles. The van der Waals surface area contributed by atoms with Gasteiger partial charge in [0.1, 0.15) is 11.6 Å². The van der Waals surface area contributed by atoms with E-state index >= 15 is 0 Å². The molecule has 1 atom stereocenters. The molecule has 1 aliphatic rings. The van der Waals surface area contributed by atoms with Crippen molar-refractivity contribution in [3.05, 3.63) is 53.3 Å². The zero-order chi connectivity index (χ0) is 19.4. The van der Waals surface area contributed by atoms with Crippen molar-refractivity contribution in [2.24, 2.45) is 5.92 Å². The van der Waals surface area contributed by atoms with Gasteiger partial charge in [0.05, 0.1) is 11.7 Å². The number of nitrogens with two attached hydrogens (primary N) is 1. The van der Waals surface area contributed by atoms with Gasteiger partial charge in [-0.15, -0.1) is 0 Å². The first-order valence-corrected chi connectivity index (χ1v) is 9.57. The van der Waals surface area contributed by atoms with Gasteiger partial charge in [-0.3, -0.25) is 4.79 Å². The summed E-state index contributed by atoms with van der Waals surface area (Å²) in [6.45, 7) is 3.89. The highest BCUT2D eigenvalue weighted by Crippen LogP contribution is 2.31. The van der Waals surface area contributed by atoms with E-state index in [2.05, 4.69) is 5.32 Å². The summed E-state index contributed by atoms with van der Waals surface area (Å²) in [6.07, 6.45) is 5.95. The van der Waals surface area contributed by atoms with Crippen LogP contribution in [0.1, 0.15) is 54.9 Å². The molecule has 0 radical (unpaired) electrons. The van der Waals surface area contributed by atoms with Gasteiger partial charge in [0.25, 0.3) is 5.91 Å². The second kappa shape index (κ2) is 8.42. The minimum absolute atomic E-state index is 0.0134. The number of nitrogens with one attached hydrogen (secondary N) is 1. The van der Waals surface area contributed by atoms with Crippen molar-refractivity contribution in [3.8, 4) is 5.75 Å². The Morgan fingerprint density at radius 2 is 1.93 bits per heavy atom. The molecule has 0 spiro atoms. The van der Waals surface area contributed by atoms with Gasteiger partial charge in [-0.2, -0.15) is 0 Å². The topological polar surface area (TPSA) is 64.3 Å². The Balaban J connectivity index is 1.79. The highest BCUT2D eigenvalue weighted by Gasteiger charge is 2.23.